The zero-order valence-electron chi connectivity index (χ0n) is 15.6. The number of rotatable bonds is 4. The summed E-state index contributed by atoms with van der Waals surface area (Å²) in [6, 6.07) is 6.73. The van der Waals surface area contributed by atoms with Crippen molar-refractivity contribution in [2.45, 2.75) is 56.9 Å². The Balaban J connectivity index is 0.00000280. The van der Waals surface area contributed by atoms with Crippen molar-refractivity contribution in [3.63, 3.8) is 0 Å². The summed E-state index contributed by atoms with van der Waals surface area (Å²) in [5.41, 5.74) is 1.03. The van der Waals surface area contributed by atoms with E-state index in [2.05, 4.69) is 10.6 Å². The Hall–Kier alpha value is -1.80. The monoisotopic (exact) mass is 419 g/mol. The second-order valence-corrected chi connectivity index (χ2v) is 7.45. The zero-order valence-corrected chi connectivity index (χ0v) is 16.4. The lowest BCUT2D eigenvalue weighted by atomic mass is 9.85. The van der Waals surface area contributed by atoms with Crippen LogP contribution in [0.25, 0.3) is 0 Å². The standard InChI is InChI=1S/C19H24F3N3O2.ClH/c1-25(18(27)19(20,21)22)11-12-5-4-7-14(9-12)23-17(26)16-10-13-6-2-3-8-15(13)24-16;/h4-5,7,9,13,15-16,24H,2-3,6,8,10-11H2,1H3,(H,23,26);1H. The third-order valence-corrected chi connectivity index (χ3v) is 5.38. The first-order valence-corrected chi connectivity index (χ1v) is 9.22. The van der Waals surface area contributed by atoms with Gasteiger partial charge in [0.25, 0.3) is 0 Å². The van der Waals surface area contributed by atoms with Crippen LogP contribution in [0, 0.1) is 5.92 Å². The van der Waals surface area contributed by atoms with E-state index in [-0.39, 0.29) is 30.9 Å². The summed E-state index contributed by atoms with van der Waals surface area (Å²) < 4.78 is 37.5. The highest BCUT2D eigenvalue weighted by Gasteiger charge is 2.41. The molecule has 28 heavy (non-hydrogen) atoms. The first-order valence-electron chi connectivity index (χ1n) is 9.22. The molecule has 2 aliphatic rings. The number of anilines is 1. The van der Waals surface area contributed by atoms with Crippen LogP contribution in [0.1, 0.15) is 37.7 Å². The smallest absolute Gasteiger partial charge is 0.334 e. The average molecular weight is 420 g/mol. The summed E-state index contributed by atoms with van der Waals surface area (Å²) in [6.07, 6.45) is 0.572. The zero-order chi connectivity index (χ0) is 19.6. The Kier molecular flexibility index (Phi) is 7.33. The fourth-order valence-electron chi connectivity index (χ4n) is 4.06. The number of alkyl halides is 3. The normalized spacial score (nSPS) is 24.1. The molecule has 0 radical (unpaired) electrons. The fourth-order valence-corrected chi connectivity index (χ4v) is 4.06. The van der Waals surface area contributed by atoms with E-state index in [9.17, 15) is 22.8 Å². The third-order valence-electron chi connectivity index (χ3n) is 5.38. The molecule has 1 aliphatic carbocycles. The lowest BCUT2D eigenvalue weighted by Gasteiger charge is -2.24. The van der Waals surface area contributed by atoms with Gasteiger partial charge in [0.2, 0.25) is 5.91 Å². The predicted molar refractivity (Wildman–Crippen MR) is 102 cm³/mol. The van der Waals surface area contributed by atoms with Crippen molar-refractivity contribution in [3.05, 3.63) is 29.8 Å². The van der Waals surface area contributed by atoms with Crippen molar-refractivity contribution >= 4 is 29.9 Å². The number of hydrogen-bond acceptors (Lipinski definition) is 3. The van der Waals surface area contributed by atoms with Crippen LogP contribution in [0.5, 0.6) is 0 Å². The number of fused-ring (bicyclic) bond motifs is 1. The number of benzene rings is 1. The van der Waals surface area contributed by atoms with Gasteiger partial charge in [-0.2, -0.15) is 13.2 Å². The summed E-state index contributed by atoms with van der Waals surface area (Å²) in [6.45, 7) is -0.187. The van der Waals surface area contributed by atoms with E-state index in [4.69, 9.17) is 0 Å². The van der Waals surface area contributed by atoms with Gasteiger partial charge in [0.1, 0.15) is 0 Å². The van der Waals surface area contributed by atoms with Crippen molar-refractivity contribution in [1.82, 2.24) is 10.2 Å². The van der Waals surface area contributed by atoms with E-state index in [0.29, 0.717) is 28.1 Å². The molecule has 0 bridgehead atoms. The number of carbonyl (C=O) groups is 2. The molecule has 2 fully saturated rings. The molecule has 2 N–H and O–H groups in total. The number of nitrogens with one attached hydrogen (secondary N) is 2. The van der Waals surface area contributed by atoms with Crippen molar-refractivity contribution in [2.24, 2.45) is 5.92 Å². The molecule has 156 valence electrons. The maximum atomic E-state index is 12.5. The van der Waals surface area contributed by atoms with Crippen LogP contribution < -0.4 is 10.6 Å². The van der Waals surface area contributed by atoms with Gasteiger partial charge in [-0.15, -0.1) is 12.4 Å². The molecule has 3 atom stereocenters. The maximum absolute atomic E-state index is 12.5. The minimum Gasteiger partial charge on any atom is -0.334 e. The molecular weight excluding hydrogens is 395 g/mol. The van der Waals surface area contributed by atoms with E-state index >= 15 is 0 Å². The summed E-state index contributed by atoms with van der Waals surface area (Å²) in [5.74, 6) is -1.47. The van der Waals surface area contributed by atoms with E-state index < -0.39 is 12.1 Å². The van der Waals surface area contributed by atoms with Crippen LogP contribution in [0.3, 0.4) is 0 Å². The van der Waals surface area contributed by atoms with Crippen LogP contribution >= 0.6 is 12.4 Å². The highest BCUT2D eigenvalue weighted by atomic mass is 35.5. The second-order valence-electron chi connectivity index (χ2n) is 7.45. The highest BCUT2D eigenvalue weighted by molar-refractivity contribution is 5.95. The molecular formula is C19H25ClF3N3O2. The molecule has 9 heteroatoms. The van der Waals surface area contributed by atoms with Gasteiger partial charge in [-0.25, -0.2) is 0 Å². The molecule has 1 aliphatic heterocycles. The number of carbonyl (C=O) groups excluding carboxylic acids is 2. The van der Waals surface area contributed by atoms with E-state index in [1.807, 2.05) is 0 Å². The summed E-state index contributed by atoms with van der Waals surface area (Å²) >= 11 is 0. The first kappa shape index (κ1) is 22.5. The summed E-state index contributed by atoms with van der Waals surface area (Å²) in [4.78, 5) is 24.4. The van der Waals surface area contributed by atoms with Gasteiger partial charge in [-0.05, 0) is 42.9 Å². The molecule has 1 aromatic carbocycles. The van der Waals surface area contributed by atoms with Crippen molar-refractivity contribution in [2.75, 3.05) is 12.4 Å². The fraction of sp³-hybridized carbons (Fsp3) is 0.579. The largest absolute Gasteiger partial charge is 0.471 e. The Labute approximate surface area is 168 Å². The van der Waals surface area contributed by atoms with Crippen LogP contribution in [-0.2, 0) is 16.1 Å². The second kappa shape index (κ2) is 9.13. The Morgan fingerprint density at radius 1 is 1.25 bits per heavy atom. The molecule has 0 aromatic heterocycles. The highest BCUT2D eigenvalue weighted by Crippen LogP contribution is 2.33. The van der Waals surface area contributed by atoms with Gasteiger partial charge >= 0.3 is 12.1 Å². The van der Waals surface area contributed by atoms with Crippen molar-refractivity contribution < 1.29 is 22.8 Å². The van der Waals surface area contributed by atoms with Crippen molar-refractivity contribution in [3.8, 4) is 0 Å². The molecule has 1 aromatic rings. The van der Waals surface area contributed by atoms with Crippen molar-refractivity contribution in [1.29, 1.82) is 0 Å². The summed E-state index contributed by atoms with van der Waals surface area (Å²) in [5, 5.41) is 6.24. The minimum atomic E-state index is -4.90. The molecule has 5 nitrogen and oxygen atoms in total. The first-order chi connectivity index (χ1) is 12.7. The molecule has 1 saturated carbocycles. The number of hydrogen-bond donors (Lipinski definition) is 2. The average Bonchev–Trinajstić information content (AvgIpc) is 3.05. The van der Waals surface area contributed by atoms with Gasteiger partial charge in [-0.1, -0.05) is 25.0 Å². The maximum Gasteiger partial charge on any atom is 0.471 e. The van der Waals surface area contributed by atoms with Crippen LogP contribution in [0.4, 0.5) is 18.9 Å². The van der Waals surface area contributed by atoms with Gasteiger partial charge < -0.3 is 15.5 Å². The van der Waals surface area contributed by atoms with Gasteiger partial charge in [0, 0.05) is 25.3 Å². The molecule has 1 saturated heterocycles. The Morgan fingerprint density at radius 3 is 2.64 bits per heavy atom. The summed E-state index contributed by atoms with van der Waals surface area (Å²) in [7, 11) is 1.10. The lowest BCUT2D eigenvalue weighted by molar-refractivity contribution is -0.184. The van der Waals surface area contributed by atoms with E-state index in [0.717, 1.165) is 26.3 Å². The quantitative estimate of drug-likeness (QED) is 0.785. The topological polar surface area (TPSA) is 61.4 Å². The number of halogens is 4. The van der Waals surface area contributed by atoms with E-state index in [1.54, 1.807) is 24.3 Å². The molecule has 3 unspecified atom stereocenters. The molecule has 2 amide bonds. The number of nitrogens with zero attached hydrogens (tertiary/aromatic N) is 1. The molecule has 3 rings (SSSR count). The van der Waals surface area contributed by atoms with Gasteiger partial charge in [0.15, 0.2) is 0 Å². The van der Waals surface area contributed by atoms with Gasteiger partial charge in [-0.3, -0.25) is 9.59 Å². The van der Waals surface area contributed by atoms with E-state index in [1.165, 1.54) is 12.8 Å². The van der Waals surface area contributed by atoms with Gasteiger partial charge in [0.05, 0.1) is 6.04 Å². The SMILES string of the molecule is CN(Cc1cccc(NC(=O)C2CC3CCCCC3N2)c1)C(=O)C(F)(F)F.Cl. The van der Waals surface area contributed by atoms with Crippen LogP contribution in [0.2, 0.25) is 0 Å². The minimum absolute atomic E-state index is 0. The lowest BCUT2D eigenvalue weighted by Crippen LogP contribution is -2.40. The predicted octanol–water partition coefficient (Wildman–Crippen LogP) is 3.49. The van der Waals surface area contributed by atoms with Crippen LogP contribution in [0.15, 0.2) is 24.3 Å². The molecule has 0 spiro atoms. The number of amides is 2. The molecule has 1 heterocycles. The Morgan fingerprint density at radius 2 is 1.96 bits per heavy atom. The Bertz CT molecular complexity index is 700. The van der Waals surface area contributed by atoms with Crippen LogP contribution in [-0.4, -0.2) is 42.0 Å². The third kappa shape index (κ3) is 5.38.